The Morgan fingerprint density at radius 3 is 2.39 bits per heavy atom. The lowest BCUT2D eigenvalue weighted by molar-refractivity contribution is -0.147. The monoisotopic (exact) mass is 486 g/mol. The van der Waals surface area contributed by atoms with Crippen LogP contribution in [0.15, 0.2) is 11.5 Å². The van der Waals surface area contributed by atoms with Crippen LogP contribution in [0.4, 0.5) is 0 Å². The zero-order valence-corrected chi connectivity index (χ0v) is 20.4. The molecule has 0 fully saturated rings. The highest BCUT2D eigenvalue weighted by molar-refractivity contribution is 7.48. The summed E-state index contributed by atoms with van der Waals surface area (Å²) in [6, 6.07) is 0. The van der Waals surface area contributed by atoms with Gasteiger partial charge in [0.15, 0.2) is 11.9 Å². The molecule has 11 heteroatoms. The standard InChI is InChI=1S/C22H31O10P/c1-10(2)22(6)8-7-14-13(5)17(11(3)12(4)18(14)30-22)31-33(27,28)32-20-16(25)19(15(24)9-23)29-21(20)26/h10,15,19,23-25H,7-9H2,1-6H3,(H,27,28). The number of hydrogen-bond donors (Lipinski definition) is 4. The average Bonchev–Trinajstić information content (AvgIpc) is 3.02. The van der Waals surface area contributed by atoms with Gasteiger partial charge in [-0.25, -0.2) is 9.36 Å². The third-order valence-electron chi connectivity index (χ3n) is 6.61. The highest BCUT2D eigenvalue weighted by atomic mass is 31.2. The Hall–Kier alpha value is -2.26. The number of carbonyl (C=O) groups is 1. The highest BCUT2D eigenvalue weighted by Gasteiger charge is 2.45. The Bertz CT molecular complexity index is 1050. The highest BCUT2D eigenvalue weighted by Crippen LogP contribution is 2.52. The lowest BCUT2D eigenvalue weighted by Gasteiger charge is -2.41. The lowest BCUT2D eigenvalue weighted by atomic mass is 9.81. The Balaban J connectivity index is 1.93. The van der Waals surface area contributed by atoms with Crippen molar-refractivity contribution in [1.29, 1.82) is 0 Å². The summed E-state index contributed by atoms with van der Waals surface area (Å²) in [4.78, 5) is 22.3. The molecule has 0 aromatic heterocycles. The van der Waals surface area contributed by atoms with Crippen molar-refractivity contribution in [3.05, 3.63) is 33.8 Å². The van der Waals surface area contributed by atoms with E-state index in [9.17, 15) is 24.5 Å². The van der Waals surface area contributed by atoms with Crippen LogP contribution in [0.25, 0.3) is 0 Å². The van der Waals surface area contributed by atoms with Crippen molar-refractivity contribution in [2.45, 2.75) is 72.2 Å². The fourth-order valence-electron chi connectivity index (χ4n) is 3.94. The van der Waals surface area contributed by atoms with E-state index in [0.29, 0.717) is 17.5 Å². The van der Waals surface area contributed by atoms with E-state index in [1.54, 1.807) is 13.8 Å². The first-order valence-corrected chi connectivity index (χ1v) is 12.2. The molecule has 0 spiro atoms. The van der Waals surface area contributed by atoms with Crippen molar-refractivity contribution in [3.63, 3.8) is 0 Å². The maximum atomic E-state index is 12.8. The SMILES string of the molecule is Cc1c(C)c2c(c(C)c1OP(=O)(O)OC1=C(O)C(C(O)CO)OC1=O)CCC(C)(C(C)C)O2. The fourth-order valence-corrected chi connectivity index (χ4v) is 4.88. The molecule has 1 aromatic carbocycles. The molecule has 0 radical (unpaired) electrons. The van der Waals surface area contributed by atoms with E-state index in [4.69, 9.17) is 23.6 Å². The molecule has 3 rings (SSSR count). The molecule has 10 nitrogen and oxygen atoms in total. The van der Waals surface area contributed by atoms with Gasteiger partial charge in [-0.15, -0.1) is 0 Å². The number of hydrogen-bond acceptors (Lipinski definition) is 9. The van der Waals surface area contributed by atoms with Gasteiger partial charge in [-0.05, 0) is 63.1 Å². The topological polar surface area (TPSA) is 152 Å². The van der Waals surface area contributed by atoms with E-state index < -0.39 is 44.1 Å². The smallest absolute Gasteiger partial charge is 0.505 e. The molecule has 2 aliphatic heterocycles. The molecule has 33 heavy (non-hydrogen) atoms. The van der Waals surface area contributed by atoms with Crippen LogP contribution < -0.4 is 9.26 Å². The molecule has 0 aliphatic carbocycles. The van der Waals surface area contributed by atoms with E-state index >= 15 is 0 Å². The van der Waals surface area contributed by atoms with Crippen molar-refractivity contribution in [1.82, 2.24) is 0 Å². The number of benzene rings is 1. The number of fused-ring (bicyclic) bond motifs is 1. The van der Waals surface area contributed by atoms with Gasteiger partial charge in [0.2, 0.25) is 0 Å². The number of esters is 1. The molecule has 4 N–H and O–H groups in total. The molecule has 2 heterocycles. The number of ether oxygens (including phenoxy) is 2. The number of rotatable bonds is 7. The van der Waals surface area contributed by atoms with Gasteiger partial charge in [-0.2, -0.15) is 0 Å². The van der Waals surface area contributed by atoms with Crippen LogP contribution in [0.1, 0.15) is 49.4 Å². The minimum atomic E-state index is -4.96. The average molecular weight is 486 g/mol. The van der Waals surface area contributed by atoms with Crippen molar-refractivity contribution in [3.8, 4) is 11.5 Å². The Kier molecular flexibility index (Phi) is 6.79. The Morgan fingerprint density at radius 1 is 1.18 bits per heavy atom. The summed E-state index contributed by atoms with van der Waals surface area (Å²) in [6.07, 6.45) is -1.80. The van der Waals surface area contributed by atoms with Gasteiger partial charge >= 0.3 is 13.8 Å². The third kappa shape index (κ3) is 4.57. The quantitative estimate of drug-likeness (QED) is 0.334. The second-order valence-corrected chi connectivity index (χ2v) is 10.3. The van der Waals surface area contributed by atoms with Gasteiger partial charge in [0.25, 0.3) is 5.76 Å². The summed E-state index contributed by atoms with van der Waals surface area (Å²) in [5, 5.41) is 28.7. The summed E-state index contributed by atoms with van der Waals surface area (Å²) in [7, 11) is -4.96. The maximum absolute atomic E-state index is 12.8. The summed E-state index contributed by atoms with van der Waals surface area (Å²) >= 11 is 0. The first-order chi connectivity index (χ1) is 15.2. The number of aliphatic hydroxyl groups excluding tert-OH is 3. The minimum absolute atomic E-state index is 0.118. The van der Waals surface area contributed by atoms with Crippen LogP contribution in [0.5, 0.6) is 11.5 Å². The molecule has 1 aromatic rings. The second kappa shape index (κ2) is 8.83. The zero-order chi connectivity index (χ0) is 24.9. The van der Waals surface area contributed by atoms with Gasteiger partial charge in [-0.1, -0.05) is 13.8 Å². The van der Waals surface area contributed by atoms with E-state index in [1.165, 1.54) is 0 Å². The van der Waals surface area contributed by atoms with Gasteiger partial charge in [0.1, 0.15) is 23.2 Å². The van der Waals surface area contributed by atoms with Gasteiger partial charge in [0, 0.05) is 5.56 Å². The van der Waals surface area contributed by atoms with E-state index in [-0.39, 0.29) is 17.3 Å². The normalized spacial score (nSPS) is 25.3. The number of aliphatic hydroxyl groups is 3. The summed E-state index contributed by atoms with van der Waals surface area (Å²) < 4.78 is 34.0. The molecule has 0 amide bonds. The van der Waals surface area contributed by atoms with Crippen LogP contribution in [-0.4, -0.2) is 50.6 Å². The minimum Gasteiger partial charge on any atom is -0.505 e. The van der Waals surface area contributed by atoms with Crippen molar-refractivity contribution < 1.29 is 48.1 Å². The van der Waals surface area contributed by atoms with Gasteiger partial charge in [-0.3, -0.25) is 4.89 Å². The molecule has 0 saturated heterocycles. The van der Waals surface area contributed by atoms with E-state index in [2.05, 4.69) is 20.8 Å². The summed E-state index contributed by atoms with van der Waals surface area (Å²) in [5.74, 6) is -2.00. The zero-order valence-electron chi connectivity index (χ0n) is 19.5. The number of carbonyl (C=O) groups excluding carboxylic acids is 1. The molecule has 4 unspecified atom stereocenters. The fraction of sp³-hybridized carbons (Fsp3) is 0.591. The van der Waals surface area contributed by atoms with E-state index in [1.807, 2.05) is 6.92 Å². The van der Waals surface area contributed by atoms with E-state index in [0.717, 1.165) is 23.3 Å². The van der Waals surface area contributed by atoms with Crippen molar-refractivity contribution in [2.24, 2.45) is 5.92 Å². The number of cyclic esters (lactones) is 1. The van der Waals surface area contributed by atoms with Crippen LogP contribution in [-0.2, 0) is 25.0 Å². The number of phosphoric acid groups is 1. The number of phosphoric ester groups is 1. The maximum Gasteiger partial charge on any atom is 0.585 e. The van der Waals surface area contributed by atoms with Gasteiger partial charge in [0.05, 0.1) is 6.61 Å². The second-order valence-electron chi connectivity index (χ2n) is 9.02. The largest absolute Gasteiger partial charge is 0.585 e. The molecule has 0 bridgehead atoms. The first kappa shape index (κ1) is 25.4. The van der Waals surface area contributed by atoms with Crippen LogP contribution in [0.3, 0.4) is 0 Å². The summed E-state index contributed by atoms with van der Waals surface area (Å²) in [5.41, 5.74) is 2.46. The van der Waals surface area contributed by atoms with Crippen molar-refractivity contribution >= 4 is 13.8 Å². The third-order valence-corrected chi connectivity index (χ3v) is 7.44. The van der Waals surface area contributed by atoms with Crippen molar-refractivity contribution in [2.75, 3.05) is 6.61 Å². The van der Waals surface area contributed by atoms with Crippen LogP contribution in [0, 0.1) is 26.7 Å². The molecule has 2 aliphatic rings. The summed E-state index contributed by atoms with van der Waals surface area (Å²) in [6.45, 7) is 10.7. The molecular weight excluding hydrogens is 455 g/mol. The lowest BCUT2D eigenvalue weighted by Crippen LogP contribution is -2.41. The molecule has 0 saturated carbocycles. The predicted molar refractivity (Wildman–Crippen MR) is 117 cm³/mol. The Labute approximate surface area is 192 Å². The first-order valence-electron chi connectivity index (χ1n) is 10.7. The molecule has 4 atom stereocenters. The predicted octanol–water partition coefficient (Wildman–Crippen LogP) is 2.90. The van der Waals surface area contributed by atoms with Gasteiger partial charge < -0.3 is 33.8 Å². The molecular formula is C22H31O10P. The van der Waals surface area contributed by atoms with Crippen LogP contribution >= 0.6 is 7.82 Å². The Morgan fingerprint density at radius 2 is 1.82 bits per heavy atom. The molecule has 184 valence electrons. The van der Waals surface area contributed by atoms with Crippen LogP contribution in [0.2, 0.25) is 0 Å².